The van der Waals surface area contributed by atoms with Gasteiger partial charge in [-0.1, -0.05) is 72.4 Å². The second-order valence-electron chi connectivity index (χ2n) is 7.28. The van der Waals surface area contributed by atoms with Gasteiger partial charge in [0.2, 0.25) is 5.91 Å². The van der Waals surface area contributed by atoms with E-state index in [0.717, 1.165) is 22.4 Å². The molecule has 2 heterocycles. The summed E-state index contributed by atoms with van der Waals surface area (Å²) in [6.07, 6.45) is 0. The first kappa shape index (κ1) is 23.7. The number of nitrogens with zero attached hydrogens (tertiary/aromatic N) is 2. The van der Waals surface area contributed by atoms with Crippen molar-refractivity contribution in [3.63, 3.8) is 0 Å². The first-order chi connectivity index (χ1) is 16.5. The number of hydrogen-bond donors (Lipinski definition) is 1. The van der Waals surface area contributed by atoms with Crippen molar-refractivity contribution in [2.45, 2.75) is 18.9 Å². The Morgan fingerprint density at radius 3 is 2.35 bits per heavy atom. The van der Waals surface area contributed by atoms with Gasteiger partial charge in [0.1, 0.15) is 21.4 Å². The molecule has 0 spiro atoms. The lowest BCUT2D eigenvalue weighted by atomic mass is 10.0. The molecule has 8 heteroatoms. The number of rotatable bonds is 8. The molecule has 0 radical (unpaired) electrons. The molecule has 34 heavy (non-hydrogen) atoms. The maximum Gasteiger partial charge on any atom is 0.341 e. The van der Waals surface area contributed by atoms with E-state index in [1.807, 2.05) is 79.0 Å². The predicted molar refractivity (Wildman–Crippen MR) is 137 cm³/mol. The van der Waals surface area contributed by atoms with Crippen molar-refractivity contribution in [1.29, 1.82) is 0 Å². The summed E-state index contributed by atoms with van der Waals surface area (Å²) in [5, 5.41) is 5.94. The molecule has 172 valence electrons. The second-order valence-corrected chi connectivity index (χ2v) is 9.16. The molecule has 2 aromatic carbocycles. The summed E-state index contributed by atoms with van der Waals surface area (Å²) in [4.78, 5) is 34.4. The fourth-order valence-corrected chi connectivity index (χ4v) is 5.08. The summed E-state index contributed by atoms with van der Waals surface area (Å²) in [5.41, 5.74) is 3.81. The molecule has 0 bridgehead atoms. The first-order valence-corrected chi connectivity index (χ1v) is 12.6. The van der Waals surface area contributed by atoms with Crippen molar-refractivity contribution in [1.82, 2.24) is 9.97 Å². The molecule has 4 rings (SSSR count). The molecule has 6 nitrogen and oxygen atoms in total. The maximum absolute atomic E-state index is 12.8. The summed E-state index contributed by atoms with van der Waals surface area (Å²) in [7, 11) is 0. The Morgan fingerprint density at radius 2 is 1.68 bits per heavy atom. The van der Waals surface area contributed by atoms with E-state index in [-0.39, 0.29) is 18.3 Å². The van der Waals surface area contributed by atoms with E-state index in [1.165, 1.54) is 23.1 Å². The van der Waals surface area contributed by atoms with Gasteiger partial charge in [-0.2, -0.15) is 0 Å². The second kappa shape index (κ2) is 11.1. The van der Waals surface area contributed by atoms with Gasteiger partial charge in [-0.3, -0.25) is 4.79 Å². The Hall–Kier alpha value is -3.49. The number of ether oxygens (including phenoxy) is 1. The van der Waals surface area contributed by atoms with Crippen LogP contribution in [0.1, 0.15) is 23.1 Å². The van der Waals surface area contributed by atoms with Crippen molar-refractivity contribution in [2.75, 3.05) is 17.7 Å². The van der Waals surface area contributed by atoms with Gasteiger partial charge in [0.05, 0.1) is 18.1 Å². The molecule has 0 unspecified atom stereocenters. The van der Waals surface area contributed by atoms with Crippen molar-refractivity contribution in [2.24, 2.45) is 0 Å². The minimum absolute atomic E-state index is 0.144. The van der Waals surface area contributed by atoms with Crippen molar-refractivity contribution in [3.05, 3.63) is 83.5 Å². The van der Waals surface area contributed by atoms with E-state index >= 15 is 0 Å². The van der Waals surface area contributed by atoms with Crippen LogP contribution in [0.4, 0.5) is 5.00 Å². The highest BCUT2D eigenvalue weighted by Gasteiger charge is 2.22. The Balaban J connectivity index is 1.50. The number of carbonyl (C=O) groups excluding carboxylic acids is 2. The highest BCUT2D eigenvalue weighted by atomic mass is 32.2. The van der Waals surface area contributed by atoms with Gasteiger partial charge in [-0.25, -0.2) is 14.8 Å². The minimum atomic E-state index is -0.454. The normalized spacial score (nSPS) is 10.6. The van der Waals surface area contributed by atoms with Crippen LogP contribution in [0.5, 0.6) is 0 Å². The number of nitrogens with one attached hydrogen (secondary N) is 1. The zero-order valence-corrected chi connectivity index (χ0v) is 20.4. The van der Waals surface area contributed by atoms with E-state index in [0.29, 0.717) is 21.4 Å². The van der Waals surface area contributed by atoms with Gasteiger partial charge < -0.3 is 10.1 Å². The van der Waals surface area contributed by atoms with E-state index < -0.39 is 5.97 Å². The Labute approximate surface area is 206 Å². The van der Waals surface area contributed by atoms with Gasteiger partial charge in [-0.15, -0.1) is 11.3 Å². The van der Waals surface area contributed by atoms with Gasteiger partial charge in [0.25, 0.3) is 0 Å². The molecule has 1 N–H and O–H groups in total. The molecule has 0 saturated heterocycles. The number of aryl methyl sites for hydroxylation is 1. The molecule has 0 aliphatic heterocycles. The average Bonchev–Trinajstić information content (AvgIpc) is 3.27. The average molecular weight is 490 g/mol. The smallest absolute Gasteiger partial charge is 0.341 e. The van der Waals surface area contributed by atoms with Gasteiger partial charge in [0.15, 0.2) is 0 Å². The number of hydrogen-bond acceptors (Lipinski definition) is 7. The third-order valence-corrected chi connectivity index (χ3v) is 6.65. The molecule has 1 amide bonds. The molecule has 0 saturated carbocycles. The zero-order chi connectivity index (χ0) is 23.9. The molecule has 0 fully saturated rings. The molecule has 0 aliphatic rings. The van der Waals surface area contributed by atoms with Crippen molar-refractivity contribution >= 4 is 40.0 Å². The van der Waals surface area contributed by atoms with Crippen LogP contribution >= 0.6 is 23.1 Å². The standard InChI is InChI=1S/C26H23N3O3S2/c1-3-32-26(31)24-20(18-10-6-4-7-11-18)15-34-25(24)29-22(30)16-33-23-14-21(27-17(2)28-23)19-12-8-5-9-13-19/h4-15H,3,16H2,1-2H3,(H,29,30). The Bertz CT molecular complexity index is 1290. The predicted octanol–water partition coefficient (Wildman–Crippen LogP) is 6.09. The zero-order valence-electron chi connectivity index (χ0n) is 18.8. The molecular formula is C26H23N3O3S2. The van der Waals surface area contributed by atoms with E-state index in [1.54, 1.807) is 6.92 Å². The largest absolute Gasteiger partial charge is 0.462 e. The number of thioether (sulfide) groups is 1. The van der Waals surface area contributed by atoms with Gasteiger partial charge in [0, 0.05) is 16.5 Å². The lowest BCUT2D eigenvalue weighted by Crippen LogP contribution is -2.16. The summed E-state index contributed by atoms with van der Waals surface area (Å²) in [6.45, 7) is 3.84. The number of thiophene rings is 1. The summed E-state index contributed by atoms with van der Waals surface area (Å²) in [6, 6.07) is 21.3. The summed E-state index contributed by atoms with van der Waals surface area (Å²) < 4.78 is 5.26. The molecule has 0 atom stereocenters. The van der Waals surface area contributed by atoms with E-state index in [4.69, 9.17) is 4.74 Å². The number of carbonyl (C=O) groups is 2. The quantitative estimate of drug-likeness (QED) is 0.183. The topological polar surface area (TPSA) is 81.2 Å². The number of benzene rings is 2. The minimum Gasteiger partial charge on any atom is -0.462 e. The van der Waals surface area contributed by atoms with Crippen LogP contribution in [-0.4, -0.2) is 34.2 Å². The van der Waals surface area contributed by atoms with Crippen LogP contribution in [0.2, 0.25) is 0 Å². The first-order valence-electron chi connectivity index (χ1n) is 10.7. The molecular weight excluding hydrogens is 466 g/mol. The number of aromatic nitrogens is 2. The van der Waals surface area contributed by atoms with Crippen molar-refractivity contribution < 1.29 is 14.3 Å². The number of anilines is 1. The van der Waals surface area contributed by atoms with Crippen molar-refractivity contribution in [3.8, 4) is 22.4 Å². The summed E-state index contributed by atoms with van der Waals surface area (Å²) in [5.74, 6) is 0.101. The highest BCUT2D eigenvalue weighted by molar-refractivity contribution is 7.99. The Kier molecular flexibility index (Phi) is 7.72. The van der Waals surface area contributed by atoms with Crippen LogP contribution in [0.3, 0.4) is 0 Å². The van der Waals surface area contributed by atoms with Crippen LogP contribution in [-0.2, 0) is 9.53 Å². The van der Waals surface area contributed by atoms with E-state index in [2.05, 4.69) is 15.3 Å². The number of esters is 1. The fourth-order valence-electron chi connectivity index (χ4n) is 3.36. The van der Waals surface area contributed by atoms with Gasteiger partial charge in [-0.05, 0) is 25.5 Å². The fraction of sp³-hybridized carbons (Fsp3) is 0.154. The maximum atomic E-state index is 12.8. The lowest BCUT2D eigenvalue weighted by Gasteiger charge is -2.09. The highest BCUT2D eigenvalue weighted by Crippen LogP contribution is 2.36. The Morgan fingerprint density at radius 1 is 1.00 bits per heavy atom. The van der Waals surface area contributed by atoms with Crippen LogP contribution in [0.25, 0.3) is 22.4 Å². The van der Waals surface area contributed by atoms with Crippen LogP contribution < -0.4 is 5.32 Å². The third kappa shape index (κ3) is 5.70. The lowest BCUT2D eigenvalue weighted by molar-refractivity contribution is -0.113. The van der Waals surface area contributed by atoms with Crippen LogP contribution in [0.15, 0.2) is 77.1 Å². The molecule has 4 aromatic rings. The molecule has 2 aromatic heterocycles. The molecule has 0 aliphatic carbocycles. The third-order valence-electron chi connectivity index (χ3n) is 4.84. The van der Waals surface area contributed by atoms with Gasteiger partial charge >= 0.3 is 5.97 Å². The monoisotopic (exact) mass is 489 g/mol. The SMILES string of the molecule is CCOC(=O)c1c(-c2ccccc2)csc1NC(=O)CSc1cc(-c2ccccc2)nc(C)n1. The number of amides is 1. The summed E-state index contributed by atoms with van der Waals surface area (Å²) >= 11 is 2.63. The van der Waals surface area contributed by atoms with E-state index in [9.17, 15) is 9.59 Å². The van der Waals surface area contributed by atoms with Crippen LogP contribution in [0, 0.1) is 6.92 Å².